The van der Waals surface area contributed by atoms with E-state index in [1.807, 2.05) is 41.8 Å². The highest BCUT2D eigenvalue weighted by Gasteiger charge is 2.34. The van der Waals surface area contributed by atoms with Crippen LogP contribution in [0.5, 0.6) is 5.75 Å². The Bertz CT molecular complexity index is 798. The van der Waals surface area contributed by atoms with Gasteiger partial charge in [0.1, 0.15) is 5.75 Å². The monoisotopic (exact) mass is 336 g/mol. The van der Waals surface area contributed by atoms with E-state index in [4.69, 9.17) is 4.74 Å². The number of methoxy groups -OCH3 is 1. The molecule has 2 heterocycles. The van der Waals surface area contributed by atoms with Crippen molar-refractivity contribution < 1.29 is 13.2 Å². The van der Waals surface area contributed by atoms with E-state index in [9.17, 15) is 8.42 Å². The van der Waals surface area contributed by atoms with Gasteiger partial charge in [-0.15, -0.1) is 11.3 Å². The van der Waals surface area contributed by atoms with Crippen molar-refractivity contribution in [1.29, 1.82) is 0 Å². The molecule has 1 aliphatic rings. The molecule has 0 bridgehead atoms. The molecule has 22 heavy (non-hydrogen) atoms. The molecule has 0 spiro atoms. The fourth-order valence-electron chi connectivity index (χ4n) is 2.48. The maximum absolute atomic E-state index is 12.1. The van der Waals surface area contributed by atoms with E-state index in [1.54, 1.807) is 18.4 Å². The van der Waals surface area contributed by atoms with Crippen molar-refractivity contribution in [2.75, 3.05) is 13.4 Å². The lowest BCUT2D eigenvalue weighted by molar-refractivity contribution is 0.371. The molecule has 0 saturated heterocycles. The van der Waals surface area contributed by atoms with Crippen LogP contribution in [0.15, 0.2) is 46.9 Å². The van der Waals surface area contributed by atoms with Gasteiger partial charge in [-0.2, -0.15) is 9.52 Å². The van der Waals surface area contributed by atoms with Crippen LogP contribution in [0, 0.1) is 0 Å². The van der Waals surface area contributed by atoms with Gasteiger partial charge < -0.3 is 4.74 Å². The summed E-state index contributed by atoms with van der Waals surface area (Å²) in [5, 5.41) is 6.31. The predicted molar refractivity (Wildman–Crippen MR) is 87.9 cm³/mol. The van der Waals surface area contributed by atoms with Gasteiger partial charge in [0, 0.05) is 6.42 Å². The van der Waals surface area contributed by atoms with Gasteiger partial charge in [-0.3, -0.25) is 0 Å². The van der Waals surface area contributed by atoms with Crippen LogP contribution >= 0.6 is 11.3 Å². The number of hydrogen-bond donors (Lipinski definition) is 0. The molecule has 2 aromatic rings. The quantitative estimate of drug-likeness (QED) is 0.862. The largest absolute Gasteiger partial charge is 0.497 e. The van der Waals surface area contributed by atoms with Crippen LogP contribution in [0.1, 0.15) is 22.9 Å². The molecule has 1 aromatic heterocycles. The number of thiophene rings is 1. The molecule has 0 saturated carbocycles. The van der Waals surface area contributed by atoms with Gasteiger partial charge in [0.15, 0.2) is 0 Å². The van der Waals surface area contributed by atoms with E-state index < -0.39 is 10.0 Å². The normalized spacial score (nSPS) is 18.4. The second kappa shape index (κ2) is 5.73. The number of hydrazone groups is 1. The van der Waals surface area contributed by atoms with Crippen molar-refractivity contribution >= 4 is 27.1 Å². The van der Waals surface area contributed by atoms with Gasteiger partial charge in [-0.1, -0.05) is 18.2 Å². The molecule has 0 radical (unpaired) electrons. The maximum Gasteiger partial charge on any atom is 0.247 e. The Morgan fingerprint density at radius 1 is 1.32 bits per heavy atom. The molecule has 0 unspecified atom stereocenters. The highest BCUT2D eigenvalue weighted by Crippen LogP contribution is 2.36. The lowest BCUT2D eigenvalue weighted by atomic mass is 10.0. The van der Waals surface area contributed by atoms with Crippen LogP contribution < -0.4 is 4.74 Å². The first-order valence-electron chi connectivity index (χ1n) is 6.74. The Kier molecular flexibility index (Phi) is 3.92. The molecule has 116 valence electrons. The summed E-state index contributed by atoms with van der Waals surface area (Å²) in [4.78, 5) is 0.999. The van der Waals surface area contributed by atoms with Gasteiger partial charge in [0.05, 0.1) is 30.0 Å². The maximum atomic E-state index is 12.1. The van der Waals surface area contributed by atoms with Crippen molar-refractivity contribution in [1.82, 2.24) is 4.41 Å². The van der Waals surface area contributed by atoms with Crippen molar-refractivity contribution in [3.8, 4) is 5.75 Å². The lowest BCUT2D eigenvalue weighted by Gasteiger charge is -2.21. The third kappa shape index (κ3) is 2.86. The lowest BCUT2D eigenvalue weighted by Crippen LogP contribution is -2.25. The van der Waals surface area contributed by atoms with E-state index in [-0.39, 0.29) is 6.04 Å². The molecule has 7 heteroatoms. The summed E-state index contributed by atoms with van der Waals surface area (Å²) in [6, 6.07) is 11.0. The minimum absolute atomic E-state index is 0.331. The van der Waals surface area contributed by atoms with E-state index in [0.717, 1.165) is 16.2 Å². The van der Waals surface area contributed by atoms with Gasteiger partial charge in [0.2, 0.25) is 10.0 Å². The first-order chi connectivity index (χ1) is 10.5. The first-order valence-corrected chi connectivity index (χ1v) is 9.46. The Morgan fingerprint density at radius 3 is 2.77 bits per heavy atom. The standard InChI is InChI=1S/C15H16N2O3S2/c1-20-12-6-3-5-11(9-12)14-10-13(15-7-4-8-21-15)16-17(14)22(2,18)19/h3-9,14H,10H2,1-2H3/t14-/m1/s1. The molecule has 5 nitrogen and oxygen atoms in total. The molecule has 0 N–H and O–H groups in total. The van der Waals surface area contributed by atoms with Crippen molar-refractivity contribution in [2.24, 2.45) is 5.10 Å². The summed E-state index contributed by atoms with van der Waals surface area (Å²) >= 11 is 1.56. The molecule has 3 rings (SSSR count). The second-order valence-electron chi connectivity index (χ2n) is 5.06. The Balaban J connectivity index is 2.00. The zero-order chi connectivity index (χ0) is 15.7. The Hall–Kier alpha value is -1.86. The summed E-state index contributed by atoms with van der Waals surface area (Å²) in [5.74, 6) is 0.704. The smallest absolute Gasteiger partial charge is 0.247 e. The number of ether oxygens (including phenoxy) is 1. The number of hydrogen-bond acceptors (Lipinski definition) is 5. The molecule has 1 atom stereocenters. The molecule has 1 aromatic carbocycles. The second-order valence-corrected chi connectivity index (χ2v) is 7.84. The molecular weight excluding hydrogens is 320 g/mol. The average Bonchev–Trinajstić information content (AvgIpc) is 3.15. The zero-order valence-electron chi connectivity index (χ0n) is 12.3. The Morgan fingerprint density at radius 2 is 2.14 bits per heavy atom. The fraction of sp³-hybridized carbons (Fsp3) is 0.267. The van der Waals surface area contributed by atoms with Crippen LogP contribution in [0.4, 0.5) is 0 Å². The summed E-state index contributed by atoms with van der Waals surface area (Å²) < 4.78 is 30.6. The summed E-state index contributed by atoms with van der Waals surface area (Å²) in [7, 11) is -1.84. The van der Waals surface area contributed by atoms with Crippen molar-refractivity contribution in [2.45, 2.75) is 12.5 Å². The van der Waals surface area contributed by atoms with Crippen LogP contribution in [0.25, 0.3) is 0 Å². The number of benzene rings is 1. The Labute approximate surface area is 133 Å². The van der Waals surface area contributed by atoms with E-state index in [1.165, 1.54) is 10.7 Å². The minimum Gasteiger partial charge on any atom is -0.497 e. The van der Waals surface area contributed by atoms with Crippen molar-refractivity contribution in [3.05, 3.63) is 52.2 Å². The summed E-state index contributed by atoms with van der Waals surface area (Å²) in [6.45, 7) is 0. The molecular formula is C15H16N2O3S2. The predicted octanol–water partition coefficient (Wildman–Crippen LogP) is 2.87. The van der Waals surface area contributed by atoms with Crippen LogP contribution in [0.2, 0.25) is 0 Å². The van der Waals surface area contributed by atoms with Gasteiger partial charge in [0.25, 0.3) is 0 Å². The summed E-state index contributed by atoms with van der Waals surface area (Å²) in [5.41, 5.74) is 1.67. The SMILES string of the molecule is COc1cccc([C@H]2CC(c3cccs3)=NN2S(C)(=O)=O)c1. The van der Waals surface area contributed by atoms with Crippen LogP contribution in [-0.2, 0) is 10.0 Å². The van der Waals surface area contributed by atoms with E-state index in [2.05, 4.69) is 5.10 Å². The molecule has 1 aliphatic heterocycles. The minimum atomic E-state index is -3.43. The zero-order valence-corrected chi connectivity index (χ0v) is 13.9. The molecule has 0 aliphatic carbocycles. The van der Waals surface area contributed by atoms with Crippen molar-refractivity contribution in [3.63, 3.8) is 0 Å². The van der Waals surface area contributed by atoms with Gasteiger partial charge >= 0.3 is 0 Å². The third-order valence-corrected chi connectivity index (χ3v) is 5.43. The van der Waals surface area contributed by atoms with Gasteiger partial charge in [-0.05, 0) is 29.1 Å². The number of nitrogens with zero attached hydrogens (tertiary/aromatic N) is 2. The topological polar surface area (TPSA) is 59.0 Å². The van der Waals surface area contributed by atoms with Gasteiger partial charge in [-0.25, -0.2) is 8.42 Å². The highest BCUT2D eigenvalue weighted by molar-refractivity contribution is 7.88. The molecule has 0 amide bonds. The number of sulfonamides is 1. The fourth-order valence-corrected chi connectivity index (χ4v) is 4.11. The third-order valence-electron chi connectivity index (χ3n) is 3.50. The molecule has 0 fully saturated rings. The van der Waals surface area contributed by atoms with Crippen LogP contribution in [-0.4, -0.2) is 31.9 Å². The van der Waals surface area contributed by atoms with Crippen LogP contribution in [0.3, 0.4) is 0 Å². The first kappa shape index (κ1) is 15.1. The summed E-state index contributed by atoms with van der Waals surface area (Å²) in [6.07, 6.45) is 1.74. The van der Waals surface area contributed by atoms with E-state index in [0.29, 0.717) is 12.2 Å². The highest BCUT2D eigenvalue weighted by atomic mass is 32.2. The van der Waals surface area contributed by atoms with E-state index >= 15 is 0 Å². The number of rotatable bonds is 4. The average molecular weight is 336 g/mol.